The molecule has 20 heavy (non-hydrogen) atoms. The SMILES string of the molecule is COCCCNC(=O)Cn1ccc(C(O)C(F)(F)F)c1. The molecular weight excluding hydrogens is 277 g/mol. The maximum absolute atomic E-state index is 12.3. The summed E-state index contributed by atoms with van der Waals surface area (Å²) in [7, 11) is 1.55. The van der Waals surface area contributed by atoms with Crippen molar-refractivity contribution in [3.8, 4) is 0 Å². The average molecular weight is 294 g/mol. The number of aromatic nitrogens is 1. The zero-order chi connectivity index (χ0) is 15.2. The number of amides is 1. The molecule has 0 bridgehead atoms. The molecule has 0 radical (unpaired) electrons. The lowest BCUT2D eigenvalue weighted by molar-refractivity contribution is -0.206. The predicted octanol–water partition coefficient (Wildman–Crippen LogP) is 1.24. The van der Waals surface area contributed by atoms with Crippen LogP contribution in [0.3, 0.4) is 0 Å². The molecule has 0 spiro atoms. The van der Waals surface area contributed by atoms with E-state index < -0.39 is 12.3 Å². The third-order valence-corrected chi connectivity index (χ3v) is 2.57. The van der Waals surface area contributed by atoms with Crippen molar-refractivity contribution in [2.75, 3.05) is 20.3 Å². The van der Waals surface area contributed by atoms with Gasteiger partial charge in [-0.2, -0.15) is 13.2 Å². The molecule has 1 heterocycles. The van der Waals surface area contributed by atoms with Gasteiger partial charge in [0.15, 0.2) is 6.10 Å². The van der Waals surface area contributed by atoms with E-state index in [1.54, 1.807) is 7.11 Å². The number of rotatable bonds is 7. The van der Waals surface area contributed by atoms with Crippen LogP contribution in [-0.4, -0.2) is 42.0 Å². The summed E-state index contributed by atoms with van der Waals surface area (Å²) in [5.74, 6) is -0.315. The first-order valence-corrected chi connectivity index (χ1v) is 6.00. The summed E-state index contributed by atoms with van der Waals surface area (Å²) < 4.78 is 43.0. The molecular formula is C12H17F3N2O3. The zero-order valence-electron chi connectivity index (χ0n) is 11.0. The number of halogens is 3. The summed E-state index contributed by atoms with van der Waals surface area (Å²) >= 11 is 0. The number of hydrogen-bond acceptors (Lipinski definition) is 3. The van der Waals surface area contributed by atoms with Gasteiger partial charge < -0.3 is 19.7 Å². The van der Waals surface area contributed by atoms with Crippen molar-refractivity contribution < 1.29 is 27.8 Å². The first kappa shape index (κ1) is 16.5. The normalized spacial score (nSPS) is 13.2. The van der Waals surface area contributed by atoms with E-state index in [0.29, 0.717) is 19.6 Å². The van der Waals surface area contributed by atoms with Crippen LogP contribution in [0.2, 0.25) is 0 Å². The second kappa shape index (κ2) is 7.30. The molecule has 1 amide bonds. The summed E-state index contributed by atoms with van der Waals surface area (Å²) in [5, 5.41) is 11.7. The van der Waals surface area contributed by atoms with Gasteiger partial charge in [0.25, 0.3) is 0 Å². The van der Waals surface area contributed by atoms with Gasteiger partial charge in [-0.05, 0) is 12.5 Å². The molecule has 8 heteroatoms. The minimum Gasteiger partial charge on any atom is -0.385 e. The number of carbonyl (C=O) groups excluding carboxylic acids is 1. The quantitative estimate of drug-likeness (QED) is 0.744. The molecule has 0 fully saturated rings. The Morgan fingerprint density at radius 2 is 2.25 bits per heavy atom. The van der Waals surface area contributed by atoms with Gasteiger partial charge in [-0.1, -0.05) is 0 Å². The van der Waals surface area contributed by atoms with E-state index in [0.717, 1.165) is 12.3 Å². The fraction of sp³-hybridized carbons (Fsp3) is 0.583. The Labute approximate surface area is 114 Å². The molecule has 114 valence electrons. The number of alkyl halides is 3. The Morgan fingerprint density at radius 3 is 2.85 bits per heavy atom. The number of aliphatic hydroxyl groups is 1. The molecule has 0 saturated carbocycles. The fourth-order valence-corrected chi connectivity index (χ4v) is 1.57. The van der Waals surface area contributed by atoms with Crippen LogP contribution in [0.5, 0.6) is 0 Å². The molecule has 0 aliphatic rings. The van der Waals surface area contributed by atoms with Crippen molar-refractivity contribution in [3.05, 3.63) is 24.0 Å². The summed E-state index contributed by atoms with van der Waals surface area (Å²) in [4.78, 5) is 11.5. The Hall–Kier alpha value is -1.54. The Bertz CT molecular complexity index is 432. The molecule has 1 atom stereocenters. The summed E-state index contributed by atoms with van der Waals surface area (Å²) in [6, 6.07) is 1.14. The van der Waals surface area contributed by atoms with E-state index in [2.05, 4.69) is 5.32 Å². The summed E-state index contributed by atoms with van der Waals surface area (Å²) in [6.45, 7) is 0.856. The highest BCUT2D eigenvalue weighted by molar-refractivity contribution is 5.75. The van der Waals surface area contributed by atoms with Crippen LogP contribution in [0.15, 0.2) is 18.5 Å². The molecule has 2 N–H and O–H groups in total. The lowest BCUT2D eigenvalue weighted by Gasteiger charge is -2.12. The second-order valence-corrected chi connectivity index (χ2v) is 4.26. The number of methoxy groups -OCH3 is 1. The third-order valence-electron chi connectivity index (χ3n) is 2.57. The number of aliphatic hydroxyl groups excluding tert-OH is 1. The Kier molecular flexibility index (Phi) is 6.03. The monoisotopic (exact) mass is 294 g/mol. The number of ether oxygens (including phenoxy) is 1. The predicted molar refractivity (Wildman–Crippen MR) is 64.9 cm³/mol. The van der Waals surface area contributed by atoms with E-state index in [-0.39, 0.29) is 18.0 Å². The minimum atomic E-state index is -4.71. The molecule has 0 saturated heterocycles. The van der Waals surface area contributed by atoms with Gasteiger partial charge in [0, 0.05) is 38.2 Å². The second-order valence-electron chi connectivity index (χ2n) is 4.26. The van der Waals surface area contributed by atoms with Crippen LogP contribution in [-0.2, 0) is 16.1 Å². The maximum Gasteiger partial charge on any atom is 0.418 e. The third kappa shape index (κ3) is 5.22. The van der Waals surface area contributed by atoms with E-state index in [9.17, 15) is 18.0 Å². The lowest BCUT2D eigenvalue weighted by atomic mass is 10.2. The van der Waals surface area contributed by atoms with E-state index in [1.165, 1.54) is 10.8 Å². The molecule has 1 unspecified atom stereocenters. The molecule has 0 aromatic carbocycles. The van der Waals surface area contributed by atoms with Gasteiger partial charge in [0.1, 0.15) is 6.54 Å². The van der Waals surface area contributed by atoms with Gasteiger partial charge >= 0.3 is 6.18 Å². The Morgan fingerprint density at radius 1 is 1.55 bits per heavy atom. The largest absolute Gasteiger partial charge is 0.418 e. The van der Waals surface area contributed by atoms with Crippen molar-refractivity contribution in [1.82, 2.24) is 9.88 Å². The number of hydrogen-bond donors (Lipinski definition) is 2. The van der Waals surface area contributed by atoms with Crippen LogP contribution < -0.4 is 5.32 Å². The molecule has 1 aromatic rings. The molecule has 1 aromatic heterocycles. The summed E-state index contributed by atoms with van der Waals surface area (Å²) in [5.41, 5.74) is -0.287. The van der Waals surface area contributed by atoms with Crippen molar-refractivity contribution in [2.24, 2.45) is 0 Å². The molecule has 5 nitrogen and oxygen atoms in total. The lowest BCUT2D eigenvalue weighted by Crippen LogP contribution is -2.28. The van der Waals surface area contributed by atoms with Crippen LogP contribution in [0.25, 0.3) is 0 Å². The molecule has 0 aliphatic heterocycles. The minimum absolute atomic E-state index is 0.0996. The highest BCUT2D eigenvalue weighted by Gasteiger charge is 2.39. The first-order chi connectivity index (χ1) is 9.34. The summed E-state index contributed by atoms with van der Waals surface area (Å²) in [6.07, 6.45) is -4.17. The van der Waals surface area contributed by atoms with Gasteiger partial charge in [-0.3, -0.25) is 4.79 Å². The van der Waals surface area contributed by atoms with E-state index in [1.807, 2.05) is 0 Å². The standard InChI is InChI=1S/C12H17F3N2O3/c1-20-6-2-4-16-10(18)8-17-5-3-9(7-17)11(19)12(13,14)15/h3,5,7,11,19H,2,4,6,8H2,1H3,(H,16,18). The topological polar surface area (TPSA) is 63.5 Å². The number of carbonyl (C=O) groups is 1. The van der Waals surface area contributed by atoms with Crippen LogP contribution in [0.4, 0.5) is 13.2 Å². The van der Waals surface area contributed by atoms with Crippen LogP contribution in [0.1, 0.15) is 18.1 Å². The van der Waals surface area contributed by atoms with Crippen molar-refractivity contribution in [3.63, 3.8) is 0 Å². The number of nitrogens with one attached hydrogen (secondary N) is 1. The maximum atomic E-state index is 12.3. The van der Waals surface area contributed by atoms with Crippen molar-refractivity contribution in [2.45, 2.75) is 25.2 Å². The number of nitrogens with zero attached hydrogens (tertiary/aromatic N) is 1. The average Bonchev–Trinajstić information content (AvgIpc) is 2.81. The van der Waals surface area contributed by atoms with Gasteiger partial charge in [-0.15, -0.1) is 0 Å². The Balaban J connectivity index is 2.46. The van der Waals surface area contributed by atoms with Crippen molar-refractivity contribution >= 4 is 5.91 Å². The highest BCUT2D eigenvalue weighted by Crippen LogP contribution is 2.32. The van der Waals surface area contributed by atoms with Crippen LogP contribution in [0, 0.1) is 0 Å². The smallest absolute Gasteiger partial charge is 0.385 e. The zero-order valence-corrected chi connectivity index (χ0v) is 11.0. The van der Waals surface area contributed by atoms with Gasteiger partial charge in [0.2, 0.25) is 5.91 Å². The van der Waals surface area contributed by atoms with Crippen molar-refractivity contribution in [1.29, 1.82) is 0 Å². The van der Waals surface area contributed by atoms with Crippen LogP contribution >= 0.6 is 0 Å². The van der Waals surface area contributed by atoms with E-state index in [4.69, 9.17) is 9.84 Å². The highest BCUT2D eigenvalue weighted by atomic mass is 19.4. The van der Waals surface area contributed by atoms with Gasteiger partial charge in [0.05, 0.1) is 0 Å². The molecule has 0 aliphatic carbocycles. The fourth-order valence-electron chi connectivity index (χ4n) is 1.57. The van der Waals surface area contributed by atoms with Gasteiger partial charge in [-0.25, -0.2) is 0 Å². The first-order valence-electron chi connectivity index (χ1n) is 6.00. The van der Waals surface area contributed by atoms with E-state index >= 15 is 0 Å². The molecule has 1 rings (SSSR count).